The van der Waals surface area contributed by atoms with E-state index in [0.717, 1.165) is 26.1 Å². The normalized spacial score (nSPS) is 20.6. The van der Waals surface area contributed by atoms with Crippen molar-refractivity contribution in [2.24, 2.45) is 11.8 Å². The molecule has 124 valence electrons. The Kier molecular flexibility index (Phi) is 6.70. The Hall–Kier alpha value is -1.07. The van der Waals surface area contributed by atoms with E-state index in [0.29, 0.717) is 11.8 Å². The number of urea groups is 1. The Balaban J connectivity index is 1.67. The second-order valence-corrected chi connectivity index (χ2v) is 7.76. The zero-order chi connectivity index (χ0) is 15.9. The van der Waals surface area contributed by atoms with E-state index in [1.807, 2.05) is 11.9 Å². The van der Waals surface area contributed by atoms with Gasteiger partial charge in [-0.3, -0.25) is 0 Å². The maximum Gasteiger partial charge on any atom is 0.317 e. The molecule has 1 saturated heterocycles. The van der Waals surface area contributed by atoms with E-state index in [-0.39, 0.29) is 6.03 Å². The predicted octanol–water partition coefficient (Wildman–Crippen LogP) is 2.91. The maximum absolute atomic E-state index is 12.2. The average Bonchev–Trinajstić information content (AvgIpc) is 2.97. The first-order valence-electron chi connectivity index (χ1n) is 8.24. The van der Waals surface area contributed by atoms with Gasteiger partial charge in [0.05, 0.1) is 0 Å². The third-order valence-corrected chi connectivity index (χ3v) is 5.23. The Morgan fingerprint density at radius 3 is 3.09 bits per heavy atom. The summed E-state index contributed by atoms with van der Waals surface area (Å²) in [6.07, 6.45) is 3.51. The fraction of sp³-hybridized carbons (Fsp3) is 0.706. The molecule has 1 fully saturated rings. The topological polar surface area (TPSA) is 35.6 Å². The number of carbonyl (C=O) groups excluding carboxylic acids is 1. The zero-order valence-electron chi connectivity index (χ0n) is 14.0. The van der Waals surface area contributed by atoms with Crippen molar-refractivity contribution in [1.82, 2.24) is 15.1 Å². The summed E-state index contributed by atoms with van der Waals surface area (Å²) in [5.41, 5.74) is 0. The van der Waals surface area contributed by atoms with Gasteiger partial charge in [0, 0.05) is 31.6 Å². The number of nitrogens with one attached hydrogen (secondary N) is 1. The molecule has 2 rings (SSSR count). The largest absolute Gasteiger partial charge is 0.338 e. The fourth-order valence-electron chi connectivity index (χ4n) is 3.13. The first-order valence-corrected chi connectivity index (χ1v) is 9.12. The summed E-state index contributed by atoms with van der Waals surface area (Å²) in [7, 11) is 4.08. The third kappa shape index (κ3) is 5.61. The van der Waals surface area contributed by atoms with Gasteiger partial charge in [-0.2, -0.15) is 0 Å². The number of thiophene rings is 1. The average molecular weight is 324 g/mol. The van der Waals surface area contributed by atoms with E-state index in [4.69, 9.17) is 0 Å². The highest BCUT2D eigenvalue weighted by atomic mass is 32.1. The van der Waals surface area contributed by atoms with E-state index in [2.05, 4.69) is 41.7 Å². The molecule has 0 aliphatic carbocycles. The quantitative estimate of drug-likeness (QED) is 0.874. The van der Waals surface area contributed by atoms with Crippen LogP contribution in [0.3, 0.4) is 0 Å². The van der Waals surface area contributed by atoms with Gasteiger partial charge < -0.3 is 15.1 Å². The van der Waals surface area contributed by atoms with Gasteiger partial charge in [-0.05, 0) is 56.1 Å². The highest BCUT2D eigenvalue weighted by Gasteiger charge is 2.20. The fourth-order valence-corrected chi connectivity index (χ4v) is 4.00. The number of hydrogen-bond acceptors (Lipinski definition) is 3. The molecule has 1 N–H and O–H groups in total. The molecule has 5 heteroatoms. The number of nitrogens with zero attached hydrogens (tertiary/aromatic N) is 2. The van der Waals surface area contributed by atoms with Crippen LogP contribution in [0.1, 0.15) is 24.6 Å². The molecule has 4 nitrogen and oxygen atoms in total. The minimum Gasteiger partial charge on any atom is -0.338 e. The van der Waals surface area contributed by atoms with Gasteiger partial charge in [0.1, 0.15) is 0 Å². The Morgan fingerprint density at radius 2 is 2.41 bits per heavy atom. The molecule has 0 spiro atoms. The summed E-state index contributed by atoms with van der Waals surface area (Å²) in [5, 5.41) is 5.18. The number of carbonyl (C=O) groups is 1. The lowest BCUT2D eigenvalue weighted by atomic mass is 9.98. The van der Waals surface area contributed by atoms with Crippen molar-refractivity contribution in [2.75, 3.05) is 40.3 Å². The van der Waals surface area contributed by atoms with Crippen LogP contribution in [-0.4, -0.2) is 56.1 Å². The van der Waals surface area contributed by atoms with Crippen LogP contribution in [-0.2, 0) is 6.42 Å². The van der Waals surface area contributed by atoms with Gasteiger partial charge in [0.2, 0.25) is 0 Å². The molecule has 2 unspecified atom stereocenters. The molecule has 0 radical (unpaired) electrons. The number of amides is 2. The summed E-state index contributed by atoms with van der Waals surface area (Å²) in [6.45, 7) is 6.08. The van der Waals surface area contributed by atoms with Crippen LogP contribution in [0.25, 0.3) is 0 Å². The molecule has 0 aromatic carbocycles. The SMILES string of the molecule is CC(CNC(=O)N(C)CC1CCCN(C)C1)Cc1cccs1. The van der Waals surface area contributed by atoms with Crippen LogP contribution in [0, 0.1) is 11.8 Å². The van der Waals surface area contributed by atoms with E-state index in [1.54, 1.807) is 11.3 Å². The molecule has 22 heavy (non-hydrogen) atoms. The van der Waals surface area contributed by atoms with Crippen LogP contribution < -0.4 is 5.32 Å². The monoisotopic (exact) mass is 323 g/mol. The lowest BCUT2D eigenvalue weighted by Gasteiger charge is -2.32. The smallest absolute Gasteiger partial charge is 0.317 e. The standard InChI is InChI=1S/C17H29N3OS/c1-14(10-16-7-5-9-22-16)11-18-17(21)20(3)13-15-6-4-8-19(2)12-15/h5,7,9,14-15H,4,6,8,10-13H2,1-3H3,(H,18,21). The summed E-state index contributed by atoms with van der Waals surface area (Å²) >= 11 is 1.79. The minimum absolute atomic E-state index is 0.0613. The molecule has 1 aliphatic rings. The van der Waals surface area contributed by atoms with Gasteiger partial charge in [-0.1, -0.05) is 13.0 Å². The van der Waals surface area contributed by atoms with Crippen molar-refractivity contribution >= 4 is 17.4 Å². The molecule has 0 saturated carbocycles. The summed E-state index contributed by atoms with van der Waals surface area (Å²) in [6, 6.07) is 4.31. The third-order valence-electron chi connectivity index (χ3n) is 4.33. The lowest BCUT2D eigenvalue weighted by molar-refractivity contribution is 0.163. The maximum atomic E-state index is 12.2. The molecule has 2 amide bonds. The molecule has 1 aliphatic heterocycles. The number of likely N-dealkylation sites (tertiary alicyclic amines) is 1. The second kappa shape index (κ2) is 8.53. The van der Waals surface area contributed by atoms with Crippen molar-refractivity contribution in [3.8, 4) is 0 Å². The van der Waals surface area contributed by atoms with Crippen LogP contribution in [0.15, 0.2) is 17.5 Å². The van der Waals surface area contributed by atoms with E-state index < -0.39 is 0 Å². The Morgan fingerprint density at radius 1 is 1.59 bits per heavy atom. The molecular weight excluding hydrogens is 294 g/mol. The van der Waals surface area contributed by atoms with Crippen LogP contribution in [0.5, 0.6) is 0 Å². The first-order chi connectivity index (χ1) is 10.5. The van der Waals surface area contributed by atoms with Crippen molar-refractivity contribution in [2.45, 2.75) is 26.2 Å². The van der Waals surface area contributed by atoms with Crippen LogP contribution in [0.2, 0.25) is 0 Å². The zero-order valence-corrected chi connectivity index (χ0v) is 14.9. The van der Waals surface area contributed by atoms with Crippen molar-refractivity contribution in [1.29, 1.82) is 0 Å². The van der Waals surface area contributed by atoms with Gasteiger partial charge in [0.25, 0.3) is 0 Å². The van der Waals surface area contributed by atoms with Crippen LogP contribution in [0.4, 0.5) is 4.79 Å². The number of rotatable bonds is 6. The van der Waals surface area contributed by atoms with Crippen LogP contribution >= 0.6 is 11.3 Å². The Labute approximate surface area is 138 Å². The van der Waals surface area contributed by atoms with E-state index in [1.165, 1.54) is 24.3 Å². The molecule has 2 atom stereocenters. The molecule has 0 bridgehead atoms. The predicted molar refractivity (Wildman–Crippen MR) is 93.4 cm³/mol. The summed E-state index contributed by atoms with van der Waals surface area (Å²) in [5.74, 6) is 1.08. The second-order valence-electron chi connectivity index (χ2n) is 6.73. The van der Waals surface area contributed by atoms with E-state index in [9.17, 15) is 4.79 Å². The highest BCUT2D eigenvalue weighted by molar-refractivity contribution is 7.09. The molecule has 2 heterocycles. The first kappa shape index (κ1) is 17.3. The molecule has 1 aromatic heterocycles. The molecule has 1 aromatic rings. The van der Waals surface area contributed by atoms with Crippen molar-refractivity contribution < 1.29 is 4.79 Å². The Bertz CT molecular complexity index is 449. The van der Waals surface area contributed by atoms with Gasteiger partial charge in [-0.15, -0.1) is 11.3 Å². The summed E-state index contributed by atoms with van der Waals surface area (Å²) < 4.78 is 0. The number of piperidine rings is 1. The number of hydrogen-bond donors (Lipinski definition) is 1. The van der Waals surface area contributed by atoms with Crippen molar-refractivity contribution in [3.63, 3.8) is 0 Å². The highest BCUT2D eigenvalue weighted by Crippen LogP contribution is 2.16. The van der Waals surface area contributed by atoms with Crippen molar-refractivity contribution in [3.05, 3.63) is 22.4 Å². The lowest BCUT2D eigenvalue weighted by Crippen LogP contribution is -2.44. The minimum atomic E-state index is 0.0613. The summed E-state index contributed by atoms with van der Waals surface area (Å²) in [4.78, 5) is 17.8. The van der Waals surface area contributed by atoms with Gasteiger partial charge in [0.15, 0.2) is 0 Å². The van der Waals surface area contributed by atoms with Gasteiger partial charge in [-0.25, -0.2) is 4.79 Å². The molecular formula is C17H29N3OS. The van der Waals surface area contributed by atoms with Gasteiger partial charge >= 0.3 is 6.03 Å². The van der Waals surface area contributed by atoms with E-state index >= 15 is 0 Å².